The fourth-order valence-electron chi connectivity index (χ4n) is 3.29. The van der Waals surface area contributed by atoms with Gasteiger partial charge in [0.05, 0.1) is 18.8 Å². The summed E-state index contributed by atoms with van der Waals surface area (Å²) in [5, 5.41) is 7.54. The number of hydrogen-bond acceptors (Lipinski definition) is 4. The van der Waals surface area contributed by atoms with Crippen LogP contribution in [0.15, 0.2) is 24.3 Å². The summed E-state index contributed by atoms with van der Waals surface area (Å²) < 4.78 is 21.0. The van der Waals surface area contributed by atoms with E-state index in [4.69, 9.17) is 4.74 Å². The van der Waals surface area contributed by atoms with Crippen molar-refractivity contribution in [3.05, 3.63) is 41.3 Å². The van der Waals surface area contributed by atoms with Crippen molar-refractivity contribution >= 4 is 11.7 Å². The summed E-state index contributed by atoms with van der Waals surface area (Å²) in [6, 6.07) is 6.03. The molecule has 0 radical (unpaired) electrons. The fraction of sp³-hybridized carbons (Fsp3) is 0.444. The molecule has 1 aliphatic rings. The molecule has 3 rings (SSSR count). The van der Waals surface area contributed by atoms with Crippen LogP contribution in [0.2, 0.25) is 0 Å². The van der Waals surface area contributed by atoms with E-state index >= 15 is 0 Å². The number of anilines is 1. The summed E-state index contributed by atoms with van der Waals surface area (Å²) in [5.74, 6) is 0.908. The predicted octanol–water partition coefficient (Wildman–Crippen LogP) is 2.33. The molecule has 1 fully saturated rings. The van der Waals surface area contributed by atoms with E-state index in [9.17, 15) is 9.18 Å². The highest BCUT2D eigenvalue weighted by Crippen LogP contribution is 2.26. The Morgan fingerprint density at radius 1 is 1.40 bits per heavy atom. The minimum atomic E-state index is -0.344. The molecule has 0 spiro atoms. The molecule has 134 valence electrons. The van der Waals surface area contributed by atoms with Gasteiger partial charge in [0.25, 0.3) is 0 Å². The first-order valence-corrected chi connectivity index (χ1v) is 8.32. The Hall–Kier alpha value is -2.41. The van der Waals surface area contributed by atoms with Gasteiger partial charge >= 0.3 is 0 Å². The maximum absolute atomic E-state index is 14.2. The molecule has 0 saturated carbocycles. The number of nitrogens with one attached hydrogen (secondary N) is 1. The number of nitrogens with zero attached hydrogens (tertiary/aromatic N) is 3. The molecular weight excluding hydrogens is 323 g/mol. The van der Waals surface area contributed by atoms with Crippen molar-refractivity contribution in [1.29, 1.82) is 0 Å². The van der Waals surface area contributed by atoms with Crippen LogP contribution in [-0.4, -0.2) is 35.4 Å². The molecule has 6 nitrogen and oxygen atoms in total. The summed E-state index contributed by atoms with van der Waals surface area (Å²) in [6.45, 7) is 4.37. The van der Waals surface area contributed by atoms with Crippen molar-refractivity contribution in [2.75, 3.05) is 18.6 Å². The standard InChI is InChI=1S/C18H23FN4O2/c1-11-9-17(22(3)21-11)23-8-7-16(18(23)24)20-12(2)14-6-5-13(25-4)10-15(14)19/h5-6,9-10,12,16,20H,7-8H2,1-4H3/t12-,16+/m1/s1. The average Bonchev–Trinajstić information content (AvgIpc) is 3.09. The van der Waals surface area contributed by atoms with Crippen LogP contribution in [0.1, 0.15) is 30.6 Å². The number of benzene rings is 1. The predicted molar refractivity (Wildman–Crippen MR) is 93.2 cm³/mol. The second-order valence-corrected chi connectivity index (χ2v) is 6.37. The Morgan fingerprint density at radius 3 is 2.76 bits per heavy atom. The number of rotatable bonds is 5. The third kappa shape index (κ3) is 3.37. The van der Waals surface area contributed by atoms with E-state index in [0.717, 1.165) is 11.5 Å². The van der Waals surface area contributed by atoms with Crippen molar-refractivity contribution < 1.29 is 13.9 Å². The average molecular weight is 346 g/mol. The maximum Gasteiger partial charge on any atom is 0.245 e. The van der Waals surface area contributed by atoms with Gasteiger partial charge in [-0.1, -0.05) is 6.07 Å². The van der Waals surface area contributed by atoms with Gasteiger partial charge in [-0.3, -0.25) is 19.7 Å². The highest BCUT2D eigenvalue weighted by molar-refractivity contribution is 5.98. The first-order valence-electron chi connectivity index (χ1n) is 8.32. The van der Waals surface area contributed by atoms with Crippen LogP contribution < -0.4 is 15.0 Å². The van der Waals surface area contributed by atoms with Gasteiger partial charge in [0.15, 0.2) is 0 Å². The summed E-state index contributed by atoms with van der Waals surface area (Å²) in [5.41, 5.74) is 1.39. The highest BCUT2D eigenvalue weighted by atomic mass is 19.1. The van der Waals surface area contributed by atoms with Gasteiger partial charge < -0.3 is 4.74 Å². The van der Waals surface area contributed by atoms with Gasteiger partial charge in [-0.05, 0) is 26.3 Å². The first-order chi connectivity index (χ1) is 11.9. The lowest BCUT2D eigenvalue weighted by molar-refractivity contribution is -0.119. The molecule has 1 N–H and O–H groups in total. The summed E-state index contributed by atoms with van der Waals surface area (Å²) >= 11 is 0. The lowest BCUT2D eigenvalue weighted by Gasteiger charge is -2.21. The number of aromatic nitrogens is 2. The van der Waals surface area contributed by atoms with E-state index in [2.05, 4.69) is 10.4 Å². The smallest absolute Gasteiger partial charge is 0.245 e. The largest absolute Gasteiger partial charge is 0.497 e. The van der Waals surface area contributed by atoms with Crippen LogP contribution in [0, 0.1) is 12.7 Å². The van der Waals surface area contributed by atoms with E-state index in [1.165, 1.54) is 13.2 Å². The van der Waals surface area contributed by atoms with E-state index < -0.39 is 0 Å². The second-order valence-electron chi connectivity index (χ2n) is 6.37. The van der Waals surface area contributed by atoms with Crippen LogP contribution in [0.3, 0.4) is 0 Å². The number of carbonyl (C=O) groups is 1. The number of carbonyl (C=O) groups excluding carboxylic acids is 1. The van der Waals surface area contributed by atoms with Crippen molar-refractivity contribution in [1.82, 2.24) is 15.1 Å². The topological polar surface area (TPSA) is 59.4 Å². The van der Waals surface area contributed by atoms with Crippen molar-refractivity contribution in [2.45, 2.75) is 32.4 Å². The van der Waals surface area contributed by atoms with Crippen LogP contribution in [-0.2, 0) is 11.8 Å². The van der Waals surface area contributed by atoms with Crippen LogP contribution >= 0.6 is 0 Å². The summed E-state index contributed by atoms with van der Waals surface area (Å²) in [4.78, 5) is 14.5. The third-order valence-electron chi connectivity index (χ3n) is 4.58. The van der Waals surface area contributed by atoms with Gasteiger partial charge in [-0.15, -0.1) is 0 Å². The molecule has 2 heterocycles. The molecule has 1 aliphatic heterocycles. The molecule has 1 amide bonds. The Labute approximate surface area is 146 Å². The number of methoxy groups -OCH3 is 1. The number of hydrogen-bond donors (Lipinski definition) is 1. The minimum Gasteiger partial charge on any atom is -0.497 e. The Morgan fingerprint density at radius 2 is 2.16 bits per heavy atom. The van der Waals surface area contributed by atoms with Crippen LogP contribution in [0.4, 0.5) is 10.2 Å². The molecular formula is C18H23FN4O2. The third-order valence-corrected chi connectivity index (χ3v) is 4.58. The number of ether oxygens (including phenoxy) is 1. The van der Waals surface area contributed by atoms with Gasteiger partial charge in [-0.25, -0.2) is 4.39 Å². The molecule has 0 aliphatic carbocycles. The number of amides is 1. The fourth-order valence-corrected chi connectivity index (χ4v) is 3.29. The van der Waals surface area contributed by atoms with Crippen molar-refractivity contribution in [3.8, 4) is 5.75 Å². The molecule has 7 heteroatoms. The SMILES string of the molecule is COc1ccc([C@@H](C)N[C@H]2CCN(c3cc(C)nn3C)C2=O)c(F)c1. The maximum atomic E-state index is 14.2. The highest BCUT2D eigenvalue weighted by Gasteiger charge is 2.35. The molecule has 1 saturated heterocycles. The van der Waals surface area contributed by atoms with E-state index in [1.54, 1.807) is 21.7 Å². The molecule has 0 bridgehead atoms. The Kier molecular flexibility index (Phi) is 4.76. The van der Waals surface area contributed by atoms with Crippen molar-refractivity contribution in [2.24, 2.45) is 7.05 Å². The molecule has 1 aromatic carbocycles. The Bertz CT molecular complexity index is 789. The zero-order chi connectivity index (χ0) is 18.1. The van der Waals surface area contributed by atoms with E-state index in [1.807, 2.05) is 27.0 Å². The van der Waals surface area contributed by atoms with Gasteiger partial charge in [-0.2, -0.15) is 5.10 Å². The lowest BCUT2D eigenvalue weighted by atomic mass is 10.1. The first kappa shape index (κ1) is 17.4. The molecule has 0 unspecified atom stereocenters. The van der Waals surface area contributed by atoms with Crippen LogP contribution in [0.25, 0.3) is 0 Å². The van der Waals surface area contributed by atoms with Crippen LogP contribution in [0.5, 0.6) is 5.75 Å². The van der Waals surface area contributed by atoms with E-state index in [-0.39, 0.29) is 23.8 Å². The zero-order valence-electron chi connectivity index (χ0n) is 14.9. The number of halogens is 1. The quantitative estimate of drug-likeness (QED) is 0.903. The van der Waals surface area contributed by atoms with Gasteiger partial charge in [0.2, 0.25) is 5.91 Å². The molecule has 2 atom stereocenters. The lowest BCUT2D eigenvalue weighted by Crippen LogP contribution is -2.40. The normalized spacial score (nSPS) is 18.7. The van der Waals surface area contributed by atoms with E-state index in [0.29, 0.717) is 24.3 Å². The summed E-state index contributed by atoms with van der Waals surface area (Å²) in [7, 11) is 3.33. The zero-order valence-corrected chi connectivity index (χ0v) is 14.9. The molecule has 1 aromatic heterocycles. The van der Waals surface area contributed by atoms with Gasteiger partial charge in [0, 0.05) is 37.3 Å². The van der Waals surface area contributed by atoms with Gasteiger partial charge in [0.1, 0.15) is 17.4 Å². The Balaban J connectivity index is 1.71. The summed E-state index contributed by atoms with van der Waals surface area (Å²) in [6.07, 6.45) is 0.672. The number of aryl methyl sites for hydroxylation is 2. The monoisotopic (exact) mass is 346 g/mol. The second kappa shape index (κ2) is 6.84. The van der Waals surface area contributed by atoms with Crippen molar-refractivity contribution in [3.63, 3.8) is 0 Å². The molecule has 25 heavy (non-hydrogen) atoms. The minimum absolute atomic E-state index is 0.0104. The molecule has 2 aromatic rings.